The van der Waals surface area contributed by atoms with Crippen LogP contribution in [0, 0.1) is 11.8 Å². The van der Waals surface area contributed by atoms with E-state index in [0.29, 0.717) is 0 Å². The summed E-state index contributed by atoms with van der Waals surface area (Å²) in [6, 6.07) is 8.49. The lowest BCUT2D eigenvalue weighted by Crippen LogP contribution is -2.50. The van der Waals surface area contributed by atoms with Crippen LogP contribution in [0.2, 0.25) is 0 Å². The van der Waals surface area contributed by atoms with Crippen LogP contribution in [0.3, 0.4) is 0 Å². The number of morpholine rings is 1. The Labute approximate surface area is 139 Å². The zero-order chi connectivity index (χ0) is 17.3. The second-order valence-corrected chi connectivity index (χ2v) is 5.88. The van der Waals surface area contributed by atoms with Gasteiger partial charge in [0.1, 0.15) is 12.6 Å². The van der Waals surface area contributed by atoms with Crippen LogP contribution < -0.4 is 0 Å². The molecule has 0 radical (unpaired) electrons. The van der Waals surface area contributed by atoms with Crippen molar-refractivity contribution in [2.45, 2.75) is 12.1 Å². The van der Waals surface area contributed by atoms with Crippen molar-refractivity contribution in [3.8, 4) is 0 Å². The Morgan fingerprint density at radius 2 is 1.79 bits per heavy atom. The number of hydrogen-bond donors (Lipinski definition) is 0. The summed E-state index contributed by atoms with van der Waals surface area (Å²) in [5.41, 5.74) is 0.962. The fourth-order valence-corrected chi connectivity index (χ4v) is 3.59. The van der Waals surface area contributed by atoms with Crippen molar-refractivity contribution in [2.75, 3.05) is 27.4 Å². The van der Waals surface area contributed by atoms with Crippen molar-refractivity contribution >= 4 is 17.9 Å². The molecule has 0 aromatic heterocycles. The first-order valence-corrected chi connectivity index (χ1v) is 7.71. The van der Waals surface area contributed by atoms with E-state index >= 15 is 0 Å². The molecule has 0 saturated carbocycles. The standard InChI is InChI=1S/C17H19NO6/c1-22-15(19)11-8-18-12(10-6-4-3-5-7-10)9-24-17(21)14(18)13(11)16(20)23-2/h3-7,11-14H,8-9H2,1-2H3/t11-,12-,13-,14+/m1/s1. The van der Waals surface area contributed by atoms with Gasteiger partial charge in [0.25, 0.3) is 0 Å². The third kappa shape index (κ3) is 2.65. The van der Waals surface area contributed by atoms with Gasteiger partial charge < -0.3 is 14.2 Å². The van der Waals surface area contributed by atoms with Crippen LogP contribution in [-0.4, -0.2) is 56.2 Å². The van der Waals surface area contributed by atoms with E-state index in [2.05, 4.69) is 0 Å². The zero-order valence-electron chi connectivity index (χ0n) is 13.5. The van der Waals surface area contributed by atoms with Gasteiger partial charge in [-0.2, -0.15) is 0 Å². The molecule has 24 heavy (non-hydrogen) atoms. The van der Waals surface area contributed by atoms with Crippen molar-refractivity contribution in [3.63, 3.8) is 0 Å². The number of fused-ring (bicyclic) bond motifs is 1. The Balaban J connectivity index is 1.98. The van der Waals surface area contributed by atoms with Crippen molar-refractivity contribution in [1.82, 2.24) is 4.90 Å². The SMILES string of the molecule is COC(=O)[C@H]1[C@H]2C(=O)OC[C@H](c3ccccc3)N2C[C@H]1C(=O)OC. The van der Waals surface area contributed by atoms with Gasteiger partial charge in [-0.25, -0.2) is 0 Å². The maximum Gasteiger partial charge on any atom is 0.324 e. The van der Waals surface area contributed by atoms with Crippen molar-refractivity contribution in [3.05, 3.63) is 35.9 Å². The minimum Gasteiger partial charge on any atom is -0.469 e. The normalized spacial score (nSPS) is 29.5. The number of rotatable bonds is 3. The van der Waals surface area contributed by atoms with Gasteiger partial charge in [0, 0.05) is 6.54 Å². The Morgan fingerprint density at radius 1 is 1.12 bits per heavy atom. The van der Waals surface area contributed by atoms with Crippen molar-refractivity contribution < 1.29 is 28.6 Å². The molecule has 1 aromatic rings. The van der Waals surface area contributed by atoms with E-state index in [1.54, 1.807) is 0 Å². The predicted molar refractivity (Wildman–Crippen MR) is 81.6 cm³/mol. The molecule has 0 amide bonds. The molecule has 0 aliphatic carbocycles. The Hall–Kier alpha value is -2.41. The molecule has 2 aliphatic rings. The summed E-state index contributed by atoms with van der Waals surface area (Å²) in [6.07, 6.45) is 0. The number of ether oxygens (including phenoxy) is 3. The van der Waals surface area contributed by atoms with E-state index in [1.165, 1.54) is 14.2 Å². The third-order valence-corrected chi connectivity index (χ3v) is 4.73. The monoisotopic (exact) mass is 333 g/mol. The van der Waals surface area contributed by atoms with E-state index in [-0.39, 0.29) is 19.2 Å². The number of nitrogens with zero attached hydrogens (tertiary/aromatic N) is 1. The van der Waals surface area contributed by atoms with Gasteiger partial charge in [-0.05, 0) is 5.56 Å². The van der Waals surface area contributed by atoms with Gasteiger partial charge in [0.15, 0.2) is 0 Å². The molecule has 128 valence electrons. The summed E-state index contributed by atoms with van der Waals surface area (Å²) in [5, 5.41) is 0. The molecule has 0 unspecified atom stereocenters. The van der Waals surface area contributed by atoms with Crippen LogP contribution in [0.15, 0.2) is 30.3 Å². The van der Waals surface area contributed by atoms with E-state index in [9.17, 15) is 14.4 Å². The number of carbonyl (C=O) groups is 3. The van der Waals surface area contributed by atoms with Gasteiger partial charge in [-0.15, -0.1) is 0 Å². The summed E-state index contributed by atoms with van der Waals surface area (Å²) in [5.74, 6) is -3.34. The molecule has 4 atom stereocenters. The largest absolute Gasteiger partial charge is 0.469 e. The highest BCUT2D eigenvalue weighted by Gasteiger charge is 2.57. The van der Waals surface area contributed by atoms with Crippen LogP contribution in [0.4, 0.5) is 0 Å². The molecule has 2 heterocycles. The average molecular weight is 333 g/mol. The number of cyclic esters (lactones) is 1. The van der Waals surface area contributed by atoms with E-state index in [4.69, 9.17) is 14.2 Å². The van der Waals surface area contributed by atoms with Crippen LogP contribution >= 0.6 is 0 Å². The second-order valence-electron chi connectivity index (χ2n) is 5.88. The van der Waals surface area contributed by atoms with Crippen molar-refractivity contribution in [2.24, 2.45) is 11.8 Å². The lowest BCUT2D eigenvalue weighted by atomic mass is 9.90. The van der Waals surface area contributed by atoms with Gasteiger partial charge in [0.2, 0.25) is 0 Å². The minimum atomic E-state index is -0.929. The van der Waals surface area contributed by atoms with E-state index < -0.39 is 35.8 Å². The molecule has 3 rings (SSSR count). The topological polar surface area (TPSA) is 82.1 Å². The first-order chi connectivity index (χ1) is 11.6. The fourth-order valence-electron chi connectivity index (χ4n) is 3.59. The van der Waals surface area contributed by atoms with Crippen LogP contribution in [0.5, 0.6) is 0 Å². The van der Waals surface area contributed by atoms with E-state index in [1.807, 2.05) is 35.2 Å². The summed E-state index contributed by atoms with van der Waals surface area (Å²) >= 11 is 0. The lowest BCUT2D eigenvalue weighted by Gasteiger charge is -2.37. The van der Waals surface area contributed by atoms with E-state index in [0.717, 1.165) is 5.56 Å². The number of methoxy groups -OCH3 is 2. The lowest BCUT2D eigenvalue weighted by molar-refractivity contribution is -0.168. The fraction of sp³-hybridized carbons (Fsp3) is 0.471. The van der Waals surface area contributed by atoms with Crippen LogP contribution in [0.25, 0.3) is 0 Å². The highest BCUT2D eigenvalue weighted by atomic mass is 16.5. The Morgan fingerprint density at radius 3 is 2.42 bits per heavy atom. The average Bonchev–Trinajstić information content (AvgIpc) is 3.02. The molecule has 2 aliphatic heterocycles. The number of esters is 3. The predicted octanol–water partition coefficient (Wildman–Crippen LogP) is 0.547. The number of benzene rings is 1. The molecule has 7 heteroatoms. The molecule has 1 aromatic carbocycles. The first kappa shape index (κ1) is 16.4. The summed E-state index contributed by atoms with van der Waals surface area (Å²) < 4.78 is 14.9. The molecule has 2 fully saturated rings. The number of carbonyl (C=O) groups excluding carboxylic acids is 3. The van der Waals surface area contributed by atoms with Gasteiger partial charge in [0.05, 0.1) is 32.1 Å². The summed E-state index contributed by atoms with van der Waals surface area (Å²) in [6.45, 7) is 0.424. The minimum absolute atomic E-state index is 0.182. The molecular formula is C17H19NO6. The molecule has 0 bridgehead atoms. The Kier molecular flexibility index (Phi) is 4.53. The maximum absolute atomic E-state index is 12.3. The molecule has 0 spiro atoms. The highest BCUT2D eigenvalue weighted by molar-refractivity contribution is 5.91. The molecule has 2 saturated heterocycles. The highest BCUT2D eigenvalue weighted by Crippen LogP contribution is 2.41. The quantitative estimate of drug-likeness (QED) is 0.590. The van der Waals surface area contributed by atoms with Gasteiger partial charge in [-0.1, -0.05) is 30.3 Å². The number of hydrogen-bond acceptors (Lipinski definition) is 7. The maximum atomic E-state index is 12.3. The van der Waals surface area contributed by atoms with Crippen LogP contribution in [-0.2, 0) is 28.6 Å². The first-order valence-electron chi connectivity index (χ1n) is 7.71. The molecule has 0 N–H and O–H groups in total. The molecular weight excluding hydrogens is 314 g/mol. The van der Waals surface area contributed by atoms with Crippen molar-refractivity contribution in [1.29, 1.82) is 0 Å². The smallest absolute Gasteiger partial charge is 0.324 e. The zero-order valence-corrected chi connectivity index (χ0v) is 13.5. The Bertz CT molecular complexity index is 646. The third-order valence-electron chi connectivity index (χ3n) is 4.73. The summed E-state index contributed by atoms with van der Waals surface area (Å²) in [7, 11) is 2.50. The van der Waals surface area contributed by atoms with Gasteiger partial charge >= 0.3 is 17.9 Å². The van der Waals surface area contributed by atoms with Crippen LogP contribution in [0.1, 0.15) is 11.6 Å². The summed E-state index contributed by atoms with van der Waals surface area (Å²) in [4.78, 5) is 38.5. The second kappa shape index (κ2) is 6.60. The van der Waals surface area contributed by atoms with Gasteiger partial charge in [-0.3, -0.25) is 19.3 Å². The molecule has 7 nitrogen and oxygen atoms in total.